The summed E-state index contributed by atoms with van der Waals surface area (Å²) in [6.45, 7) is -1.38. The molecule has 64 valence electrons. The van der Waals surface area contributed by atoms with Gasteiger partial charge in [-0.15, -0.1) is 11.5 Å². The monoisotopic (exact) mass is 199 g/mol. The van der Waals surface area contributed by atoms with Crippen LogP contribution < -0.4 is 5.02 Å². The van der Waals surface area contributed by atoms with E-state index >= 15 is 0 Å². The van der Waals surface area contributed by atoms with Crippen molar-refractivity contribution in [2.45, 2.75) is 13.0 Å². The van der Waals surface area contributed by atoms with Crippen molar-refractivity contribution in [3.8, 4) is 0 Å². The number of halogens is 2. The molecule has 1 N–H and O–H groups in total. The van der Waals surface area contributed by atoms with E-state index < -0.39 is 19.2 Å². The molecule has 0 bridgehead atoms. The third kappa shape index (κ3) is 8.46. The van der Waals surface area contributed by atoms with Gasteiger partial charge >= 0.3 is 6.53 Å². The van der Waals surface area contributed by atoms with Crippen molar-refractivity contribution in [3.05, 3.63) is 0 Å². The van der Waals surface area contributed by atoms with Crippen molar-refractivity contribution >= 4 is 36.0 Å². The van der Waals surface area contributed by atoms with E-state index in [1.165, 1.54) is 0 Å². The van der Waals surface area contributed by atoms with E-state index in [9.17, 15) is 5.02 Å². The molecule has 1 atom stereocenters. The lowest BCUT2D eigenvalue weighted by Gasteiger charge is -2.18. The zero-order valence-corrected chi connectivity index (χ0v) is 7.38. The van der Waals surface area contributed by atoms with Crippen molar-refractivity contribution < 1.29 is 19.4 Å². The van der Waals surface area contributed by atoms with Crippen LogP contribution in [0.4, 0.5) is 0 Å². The lowest BCUT2D eigenvalue weighted by molar-refractivity contribution is -0.217. The summed E-state index contributed by atoms with van der Waals surface area (Å²) in [6.07, 6.45) is -0.483. The van der Waals surface area contributed by atoms with Crippen LogP contribution in [0.5, 0.6) is 0 Å². The quantitative estimate of drug-likeness (QED) is 0.590. The summed E-state index contributed by atoms with van der Waals surface area (Å²) < 4.78 is 9.02. The van der Waals surface area contributed by atoms with Crippen molar-refractivity contribution in [1.82, 2.24) is 0 Å². The highest BCUT2D eigenvalue weighted by Crippen LogP contribution is 1.96. The summed E-state index contributed by atoms with van der Waals surface area (Å²) in [7, 11) is 0. The molecule has 0 aromatic carbocycles. The van der Waals surface area contributed by atoms with E-state index in [4.69, 9.17) is 27.9 Å². The Kier molecular flexibility index (Phi) is 6.41. The first-order valence-electron chi connectivity index (χ1n) is 2.91. The highest BCUT2D eigenvalue weighted by molar-refractivity contribution is 6.98. The van der Waals surface area contributed by atoms with Gasteiger partial charge in [0.1, 0.15) is 0 Å². The fourth-order valence-corrected chi connectivity index (χ4v) is 0.685. The molecule has 0 saturated carbocycles. The van der Waals surface area contributed by atoms with Gasteiger partial charge in [-0.25, -0.2) is 0 Å². The van der Waals surface area contributed by atoms with Gasteiger partial charge in [-0.3, -0.25) is 0 Å². The van der Waals surface area contributed by atoms with E-state index in [0.29, 0.717) is 0 Å². The summed E-state index contributed by atoms with van der Waals surface area (Å²) in [5.41, 5.74) is 0. The van der Waals surface area contributed by atoms with Gasteiger partial charge in [-0.05, 0) is 6.92 Å². The van der Waals surface area contributed by atoms with Gasteiger partial charge in [0.15, 0.2) is 0 Å². The molecule has 4 nitrogen and oxygen atoms in total. The zero-order valence-electron chi connectivity index (χ0n) is 5.87. The van der Waals surface area contributed by atoms with E-state index in [0.717, 1.165) is 0 Å². The molecular formula is C3H7B2Cl2O4-. The Labute approximate surface area is 75.5 Å². The van der Waals surface area contributed by atoms with E-state index in [-0.39, 0.29) is 6.61 Å². The maximum Gasteiger partial charge on any atom is 0.568 e. The summed E-state index contributed by atoms with van der Waals surface area (Å²) in [6, 6.07) is 0. The third-order valence-electron chi connectivity index (χ3n) is 0.808. The second-order valence-electron chi connectivity index (χ2n) is 1.85. The molecule has 0 aliphatic rings. The average Bonchev–Trinajstić information content (AvgIpc) is 1.82. The lowest BCUT2D eigenvalue weighted by Crippen LogP contribution is -2.34. The first-order valence-corrected chi connectivity index (χ1v) is 3.78. The summed E-state index contributed by atoms with van der Waals surface area (Å²) in [5.74, 6) is 0. The fraction of sp³-hybridized carbons (Fsp3) is 1.00. The summed E-state index contributed by atoms with van der Waals surface area (Å²) >= 11 is 9.98. The van der Waals surface area contributed by atoms with Gasteiger partial charge in [0, 0.05) is 0 Å². The molecule has 11 heavy (non-hydrogen) atoms. The second-order valence-corrected chi connectivity index (χ2v) is 2.58. The molecule has 8 heteroatoms. The van der Waals surface area contributed by atoms with Gasteiger partial charge < -0.3 is 19.4 Å². The van der Waals surface area contributed by atoms with Crippen LogP contribution in [0.15, 0.2) is 0 Å². The van der Waals surface area contributed by atoms with Crippen molar-refractivity contribution in [2.24, 2.45) is 0 Å². The summed E-state index contributed by atoms with van der Waals surface area (Å²) in [4.78, 5) is 0. The number of hydrogen-bond acceptors (Lipinski definition) is 4. The van der Waals surface area contributed by atoms with Crippen molar-refractivity contribution in [1.29, 1.82) is 0 Å². The van der Waals surface area contributed by atoms with Crippen molar-refractivity contribution in [2.75, 3.05) is 6.61 Å². The molecule has 0 heterocycles. The van der Waals surface area contributed by atoms with E-state index in [1.54, 1.807) is 6.92 Å². The standard InChI is InChI=1S/C3H7B2Cl2O4/c1-3(11-5(7)9)2-10-4(6)8/h3,8H,2H2,1H3/q-1. The van der Waals surface area contributed by atoms with Crippen LogP contribution in [0.25, 0.3) is 0 Å². The van der Waals surface area contributed by atoms with Gasteiger partial charge in [0.05, 0.1) is 12.7 Å². The van der Waals surface area contributed by atoms with Gasteiger partial charge in [-0.2, -0.15) is 11.5 Å². The van der Waals surface area contributed by atoms with Crippen LogP contribution in [0.2, 0.25) is 0 Å². The Morgan fingerprint density at radius 2 is 2.18 bits per heavy atom. The van der Waals surface area contributed by atoms with Crippen LogP contribution >= 0.6 is 22.9 Å². The first kappa shape index (κ1) is 11.5. The Morgan fingerprint density at radius 3 is 2.55 bits per heavy atom. The van der Waals surface area contributed by atoms with Crippen LogP contribution in [-0.2, 0) is 9.31 Å². The normalized spacial score (nSPS) is 12.8. The minimum absolute atomic E-state index is 0.0239. The highest BCUT2D eigenvalue weighted by atomic mass is 35.5. The Balaban J connectivity index is 3.29. The minimum atomic E-state index is -1.61. The maximum atomic E-state index is 10.2. The highest BCUT2D eigenvalue weighted by Gasteiger charge is 2.11. The van der Waals surface area contributed by atoms with Crippen molar-refractivity contribution in [3.63, 3.8) is 0 Å². The number of hydrogen-bond donors (Lipinski definition) is 1. The van der Waals surface area contributed by atoms with Gasteiger partial charge in [-0.1, -0.05) is 0 Å². The number of rotatable bonds is 5. The molecule has 0 radical (unpaired) electrons. The lowest BCUT2D eigenvalue weighted by atomic mass is 10.3. The zero-order chi connectivity index (χ0) is 8.85. The smallest absolute Gasteiger partial charge is 0.568 e. The van der Waals surface area contributed by atoms with Crippen LogP contribution in [-0.4, -0.2) is 30.8 Å². The van der Waals surface area contributed by atoms with Crippen LogP contribution in [0, 0.1) is 0 Å². The fourth-order valence-electron chi connectivity index (χ4n) is 0.437. The molecule has 0 rings (SSSR count). The Hall–Kier alpha value is 0.550. The molecule has 0 fully saturated rings. The van der Waals surface area contributed by atoms with E-state index in [2.05, 4.69) is 9.31 Å². The minimum Gasteiger partial charge on any atom is -0.843 e. The Bertz CT molecular complexity index is 103. The molecule has 0 aliphatic heterocycles. The molecule has 0 aromatic rings. The van der Waals surface area contributed by atoms with Gasteiger partial charge in [0.2, 0.25) is 0 Å². The van der Waals surface area contributed by atoms with Gasteiger partial charge in [0.25, 0.3) is 6.53 Å². The molecule has 0 saturated heterocycles. The van der Waals surface area contributed by atoms with E-state index in [1.807, 2.05) is 0 Å². The SMILES string of the molecule is CC(COB(O)Cl)OB([O-])Cl. The molecule has 0 amide bonds. The predicted octanol–water partition coefficient (Wildman–Crippen LogP) is -0.792. The average molecular weight is 200 g/mol. The largest absolute Gasteiger partial charge is 0.843 e. The second kappa shape index (κ2) is 6.11. The Morgan fingerprint density at radius 1 is 1.64 bits per heavy atom. The molecular weight excluding hydrogens is 193 g/mol. The maximum absolute atomic E-state index is 10.2. The molecule has 0 aliphatic carbocycles. The van der Waals surface area contributed by atoms with Crippen LogP contribution in [0.1, 0.15) is 6.92 Å². The first-order chi connectivity index (χ1) is 5.02. The molecule has 1 unspecified atom stereocenters. The van der Waals surface area contributed by atoms with Crippen LogP contribution in [0.3, 0.4) is 0 Å². The molecule has 0 aromatic heterocycles. The third-order valence-corrected chi connectivity index (χ3v) is 1.04. The molecule has 0 spiro atoms. The topological polar surface area (TPSA) is 61.8 Å². The predicted molar refractivity (Wildman–Crippen MR) is 41.9 cm³/mol. The summed E-state index contributed by atoms with van der Waals surface area (Å²) in [5, 5.41) is 18.6.